The number of nitrogens with zero attached hydrogens (tertiary/aromatic N) is 1. The minimum Gasteiger partial charge on any atom is -0.480 e. The van der Waals surface area contributed by atoms with Gasteiger partial charge in [0, 0.05) is 10.9 Å². The molecular weight excluding hydrogens is 405 g/mol. The van der Waals surface area contributed by atoms with Gasteiger partial charge in [-0.25, -0.2) is 9.37 Å². The van der Waals surface area contributed by atoms with Crippen molar-refractivity contribution >= 4 is 39.1 Å². The Morgan fingerprint density at radius 2 is 1.77 bits per heavy atom. The van der Waals surface area contributed by atoms with Crippen LogP contribution in [0.3, 0.4) is 0 Å². The highest BCUT2D eigenvalue weighted by molar-refractivity contribution is 7.21. The summed E-state index contributed by atoms with van der Waals surface area (Å²) in [4.78, 5) is 28.6. The monoisotopic (exact) mass is 421 g/mol. The number of thiophene rings is 1. The Morgan fingerprint density at radius 3 is 2.43 bits per heavy atom. The minimum absolute atomic E-state index is 0.201. The van der Waals surface area contributed by atoms with Gasteiger partial charge in [-0.15, -0.1) is 11.3 Å². The van der Waals surface area contributed by atoms with Crippen LogP contribution < -0.4 is 11.1 Å². The molecule has 0 fully saturated rings. The second-order valence-corrected chi connectivity index (χ2v) is 7.53. The zero-order valence-corrected chi connectivity index (χ0v) is 16.4. The van der Waals surface area contributed by atoms with Gasteiger partial charge >= 0.3 is 5.97 Å². The molecule has 30 heavy (non-hydrogen) atoms. The quantitative estimate of drug-likeness (QED) is 0.449. The normalized spacial score (nSPS) is 10.8. The smallest absolute Gasteiger partial charge is 0.322 e. The van der Waals surface area contributed by atoms with E-state index >= 15 is 0 Å². The zero-order valence-electron chi connectivity index (χ0n) is 15.6. The number of carboxylic acid groups (broad SMARTS) is 1. The first-order valence-corrected chi connectivity index (χ1v) is 9.80. The average Bonchev–Trinajstić information content (AvgIpc) is 3.09. The summed E-state index contributed by atoms with van der Waals surface area (Å²) in [7, 11) is 0. The van der Waals surface area contributed by atoms with Gasteiger partial charge in [0.1, 0.15) is 22.1 Å². The number of benzene rings is 2. The largest absolute Gasteiger partial charge is 0.480 e. The minimum atomic E-state index is -1.15. The summed E-state index contributed by atoms with van der Waals surface area (Å²) in [6, 6.07) is 17.4. The molecule has 2 heterocycles. The number of aromatic nitrogens is 1. The van der Waals surface area contributed by atoms with E-state index in [1.807, 2.05) is 36.4 Å². The molecule has 0 spiro atoms. The van der Waals surface area contributed by atoms with E-state index < -0.39 is 18.4 Å². The number of fused-ring (bicyclic) bond motifs is 1. The standard InChI is InChI=1S/C22H16FN3O3S/c23-14-8-6-13(7-9-14)16-10-15(12-4-2-1-3-5-12)18-19(24)20(30-22(18)26-16)21(29)25-11-17(27)28/h1-10H,11,24H2,(H,25,29)(H,27,28). The summed E-state index contributed by atoms with van der Waals surface area (Å²) in [5.41, 5.74) is 9.55. The van der Waals surface area contributed by atoms with Crippen molar-refractivity contribution in [2.75, 3.05) is 12.3 Å². The van der Waals surface area contributed by atoms with Gasteiger partial charge in [0.2, 0.25) is 0 Å². The number of hydrogen-bond acceptors (Lipinski definition) is 5. The Hall–Kier alpha value is -3.78. The molecule has 0 atom stereocenters. The lowest BCUT2D eigenvalue weighted by Gasteiger charge is -2.09. The predicted octanol–water partition coefficient (Wildman–Crippen LogP) is 4.17. The van der Waals surface area contributed by atoms with Crippen LogP contribution in [0, 0.1) is 5.82 Å². The highest BCUT2D eigenvalue weighted by Gasteiger charge is 2.22. The molecule has 150 valence electrons. The van der Waals surface area contributed by atoms with Crippen molar-refractivity contribution in [1.82, 2.24) is 10.3 Å². The van der Waals surface area contributed by atoms with Crippen LogP contribution >= 0.6 is 11.3 Å². The molecule has 6 nitrogen and oxygen atoms in total. The van der Waals surface area contributed by atoms with Crippen LogP contribution in [0.1, 0.15) is 9.67 Å². The Kier molecular flexibility index (Phi) is 5.16. The van der Waals surface area contributed by atoms with Crippen LogP contribution in [0.5, 0.6) is 0 Å². The lowest BCUT2D eigenvalue weighted by molar-refractivity contribution is -0.135. The van der Waals surface area contributed by atoms with Crippen LogP contribution in [-0.4, -0.2) is 28.5 Å². The van der Waals surface area contributed by atoms with Crippen molar-refractivity contribution in [3.8, 4) is 22.4 Å². The maximum atomic E-state index is 13.4. The maximum absolute atomic E-state index is 13.4. The van der Waals surface area contributed by atoms with Crippen LogP contribution in [-0.2, 0) is 4.79 Å². The van der Waals surface area contributed by atoms with E-state index in [4.69, 9.17) is 10.8 Å². The van der Waals surface area contributed by atoms with Gasteiger partial charge in [-0.3, -0.25) is 9.59 Å². The Bertz CT molecular complexity index is 1250. The molecule has 2 aromatic carbocycles. The number of nitrogens with two attached hydrogens (primary N) is 1. The van der Waals surface area contributed by atoms with Crippen molar-refractivity contribution in [1.29, 1.82) is 0 Å². The number of hydrogen-bond donors (Lipinski definition) is 3. The summed E-state index contributed by atoms with van der Waals surface area (Å²) >= 11 is 1.09. The topological polar surface area (TPSA) is 105 Å². The van der Waals surface area contributed by atoms with Gasteiger partial charge in [0.25, 0.3) is 5.91 Å². The van der Waals surface area contributed by atoms with Gasteiger partial charge in [-0.05, 0) is 41.5 Å². The second kappa shape index (κ2) is 7.92. The first kappa shape index (κ1) is 19.5. The number of nitrogens with one attached hydrogen (secondary N) is 1. The number of aliphatic carboxylic acids is 1. The van der Waals surface area contributed by atoms with E-state index in [9.17, 15) is 14.0 Å². The summed E-state index contributed by atoms with van der Waals surface area (Å²) in [6.45, 7) is -0.508. The van der Waals surface area contributed by atoms with E-state index in [0.717, 1.165) is 28.0 Å². The summed E-state index contributed by atoms with van der Waals surface area (Å²) < 4.78 is 13.4. The zero-order chi connectivity index (χ0) is 21.3. The van der Waals surface area contributed by atoms with E-state index in [-0.39, 0.29) is 16.4 Å². The molecule has 0 aliphatic heterocycles. The van der Waals surface area contributed by atoms with E-state index in [1.54, 1.807) is 12.1 Å². The van der Waals surface area contributed by atoms with Crippen molar-refractivity contribution in [2.45, 2.75) is 0 Å². The SMILES string of the molecule is Nc1c(C(=O)NCC(=O)O)sc2nc(-c3ccc(F)cc3)cc(-c3ccccc3)c12. The number of amides is 1. The molecule has 4 aromatic rings. The molecule has 0 aliphatic rings. The first-order chi connectivity index (χ1) is 14.4. The number of halogens is 1. The number of carbonyl (C=O) groups excluding carboxylic acids is 1. The third-order valence-corrected chi connectivity index (χ3v) is 5.63. The maximum Gasteiger partial charge on any atom is 0.322 e. The number of nitrogen functional groups attached to an aromatic ring is 1. The molecule has 0 aliphatic carbocycles. The van der Waals surface area contributed by atoms with Gasteiger partial charge in [-0.1, -0.05) is 30.3 Å². The fourth-order valence-electron chi connectivity index (χ4n) is 3.14. The summed E-state index contributed by atoms with van der Waals surface area (Å²) in [5.74, 6) is -2.06. The lowest BCUT2D eigenvalue weighted by atomic mass is 9.99. The molecular formula is C22H16FN3O3S. The molecule has 8 heteroatoms. The average molecular weight is 421 g/mol. The summed E-state index contributed by atoms with van der Waals surface area (Å²) in [5, 5.41) is 11.8. The Balaban J connectivity index is 1.92. The molecule has 2 aromatic heterocycles. The summed E-state index contributed by atoms with van der Waals surface area (Å²) in [6.07, 6.45) is 0. The van der Waals surface area contributed by atoms with Gasteiger partial charge < -0.3 is 16.2 Å². The van der Waals surface area contributed by atoms with Crippen LogP contribution in [0.15, 0.2) is 60.7 Å². The van der Waals surface area contributed by atoms with E-state index in [1.165, 1.54) is 12.1 Å². The number of carbonyl (C=O) groups is 2. The number of carboxylic acids is 1. The molecule has 4 rings (SSSR count). The molecule has 0 bridgehead atoms. The van der Waals surface area contributed by atoms with Crippen LogP contribution in [0.4, 0.5) is 10.1 Å². The van der Waals surface area contributed by atoms with Crippen molar-refractivity contribution < 1.29 is 19.1 Å². The van der Waals surface area contributed by atoms with Crippen molar-refractivity contribution in [3.05, 3.63) is 71.4 Å². The molecule has 1 amide bonds. The van der Waals surface area contributed by atoms with Crippen molar-refractivity contribution in [2.24, 2.45) is 0 Å². The Morgan fingerprint density at radius 1 is 1.07 bits per heavy atom. The fraction of sp³-hybridized carbons (Fsp3) is 0.0455. The number of rotatable bonds is 5. The molecule has 4 N–H and O–H groups in total. The van der Waals surface area contributed by atoms with E-state index in [2.05, 4.69) is 10.3 Å². The number of pyridine rings is 1. The highest BCUT2D eigenvalue weighted by atomic mass is 32.1. The highest BCUT2D eigenvalue weighted by Crippen LogP contribution is 2.41. The molecule has 0 saturated carbocycles. The van der Waals surface area contributed by atoms with Gasteiger partial charge in [0.15, 0.2) is 0 Å². The van der Waals surface area contributed by atoms with Gasteiger partial charge in [0.05, 0.1) is 11.4 Å². The third kappa shape index (κ3) is 3.72. The van der Waals surface area contributed by atoms with Crippen LogP contribution in [0.2, 0.25) is 0 Å². The van der Waals surface area contributed by atoms with E-state index in [0.29, 0.717) is 15.9 Å². The molecule has 0 radical (unpaired) electrons. The van der Waals surface area contributed by atoms with Crippen LogP contribution in [0.25, 0.3) is 32.6 Å². The third-order valence-electron chi connectivity index (χ3n) is 4.53. The second-order valence-electron chi connectivity index (χ2n) is 6.53. The van der Waals surface area contributed by atoms with Gasteiger partial charge in [-0.2, -0.15) is 0 Å². The molecule has 0 unspecified atom stereocenters. The molecule has 0 saturated heterocycles. The van der Waals surface area contributed by atoms with Crippen molar-refractivity contribution in [3.63, 3.8) is 0 Å². The first-order valence-electron chi connectivity index (χ1n) is 8.98. The Labute approximate surface area is 174 Å². The lowest BCUT2D eigenvalue weighted by Crippen LogP contribution is -2.29. The fourth-order valence-corrected chi connectivity index (χ4v) is 4.18. The number of anilines is 1. The predicted molar refractivity (Wildman–Crippen MR) is 115 cm³/mol.